The smallest absolute Gasteiger partial charge is 0.251 e. The third kappa shape index (κ3) is 3.92. The summed E-state index contributed by atoms with van der Waals surface area (Å²) in [6, 6.07) is 1.83. The van der Waals surface area contributed by atoms with Gasteiger partial charge in [-0.1, -0.05) is 0 Å². The monoisotopic (exact) mass is 308 g/mol. The van der Waals surface area contributed by atoms with Crippen LogP contribution >= 0.6 is 0 Å². The van der Waals surface area contributed by atoms with E-state index in [1.165, 1.54) is 0 Å². The fourth-order valence-electron chi connectivity index (χ4n) is 2.36. The van der Waals surface area contributed by atoms with Crippen LogP contribution in [-0.2, 0) is 14.3 Å². The van der Waals surface area contributed by atoms with E-state index in [4.69, 9.17) is 9.47 Å². The number of carbonyl (C=O) groups excluding carboxylic acids is 1. The van der Waals surface area contributed by atoms with Gasteiger partial charge in [-0.2, -0.15) is 0 Å². The van der Waals surface area contributed by atoms with Crippen LogP contribution in [0.15, 0.2) is 12.3 Å². The Morgan fingerprint density at radius 3 is 3.05 bits per heavy atom. The molecule has 122 valence electrons. The summed E-state index contributed by atoms with van der Waals surface area (Å²) in [5.74, 6) is 0.629. The molecule has 7 heteroatoms. The van der Waals surface area contributed by atoms with E-state index in [0.717, 1.165) is 5.69 Å². The first kappa shape index (κ1) is 16.6. The van der Waals surface area contributed by atoms with E-state index in [9.17, 15) is 4.79 Å². The number of hydrogen-bond donors (Lipinski definition) is 0. The molecule has 2 atom stereocenters. The SMILES string of the molecule is CCO[C@H](C)C(=O)N1CCO[C@@H](c2ccnc(N(C)C)n2)C1. The maximum Gasteiger partial charge on any atom is 0.251 e. The van der Waals surface area contributed by atoms with Crippen LogP contribution in [0.2, 0.25) is 0 Å². The van der Waals surface area contributed by atoms with Crippen LogP contribution in [0.25, 0.3) is 0 Å². The van der Waals surface area contributed by atoms with Crippen molar-refractivity contribution in [3.8, 4) is 0 Å². The quantitative estimate of drug-likeness (QED) is 0.804. The summed E-state index contributed by atoms with van der Waals surface area (Å²) in [5, 5.41) is 0. The molecule has 1 amide bonds. The van der Waals surface area contributed by atoms with Crippen molar-refractivity contribution in [1.29, 1.82) is 0 Å². The molecular weight excluding hydrogens is 284 g/mol. The summed E-state index contributed by atoms with van der Waals surface area (Å²) in [4.78, 5) is 24.7. The van der Waals surface area contributed by atoms with Crippen LogP contribution in [0.3, 0.4) is 0 Å². The highest BCUT2D eigenvalue weighted by molar-refractivity contribution is 5.80. The van der Waals surface area contributed by atoms with Crippen LogP contribution in [-0.4, -0.2) is 67.3 Å². The van der Waals surface area contributed by atoms with E-state index in [2.05, 4.69) is 9.97 Å². The summed E-state index contributed by atoms with van der Waals surface area (Å²) >= 11 is 0. The van der Waals surface area contributed by atoms with E-state index < -0.39 is 6.10 Å². The molecule has 1 aliphatic heterocycles. The highest BCUT2D eigenvalue weighted by atomic mass is 16.5. The first-order valence-electron chi connectivity index (χ1n) is 7.55. The maximum absolute atomic E-state index is 12.3. The second-order valence-electron chi connectivity index (χ2n) is 5.42. The zero-order valence-electron chi connectivity index (χ0n) is 13.7. The lowest BCUT2D eigenvalue weighted by molar-refractivity contribution is -0.150. The van der Waals surface area contributed by atoms with E-state index in [1.807, 2.05) is 32.0 Å². The Labute approximate surface area is 131 Å². The van der Waals surface area contributed by atoms with Gasteiger partial charge < -0.3 is 19.3 Å². The maximum atomic E-state index is 12.3. The van der Waals surface area contributed by atoms with Gasteiger partial charge in [-0.3, -0.25) is 4.79 Å². The van der Waals surface area contributed by atoms with E-state index >= 15 is 0 Å². The average Bonchev–Trinajstić information content (AvgIpc) is 2.54. The summed E-state index contributed by atoms with van der Waals surface area (Å²) in [6.07, 6.45) is 1.06. The molecule has 0 bridgehead atoms. The van der Waals surface area contributed by atoms with E-state index in [-0.39, 0.29) is 12.0 Å². The predicted molar refractivity (Wildman–Crippen MR) is 82.7 cm³/mol. The second kappa shape index (κ2) is 7.51. The van der Waals surface area contributed by atoms with Gasteiger partial charge in [-0.25, -0.2) is 9.97 Å². The van der Waals surface area contributed by atoms with E-state index in [0.29, 0.717) is 32.3 Å². The molecule has 0 N–H and O–H groups in total. The van der Waals surface area contributed by atoms with Gasteiger partial charge in [0.1, 0.15) is 12.2 Å². The molecule has 0 aliphatic carbocycles. The van der Waals surface area contributed by atoms with E-state index in [1.54, 1.807) is 18.0 Å². The molecule has 0 saturated carbocycles. The Morgan fingerprint density at radius 2 is 2.36 bits per heavy atom. The summed E-state index contributed by atoms with van der Waals surface area (Å²) in [5.41, 5.74) is 0.792. The molecular formula is C15H24N4O3. The van der Waals surface area contributed by atoms with Crippen LogP contribution in [0.1, 0.15) is 25.6 Å². The molecule has 0 aromatic carbocycles. The number of rotatable bonds is 5. The number of amides is 1. The van der Waals surface area contributed by atoms with Crippen molar-refractivity contribution in [2.45, 2.75) is 26.1 Å². The van der Waals surface area contributed by atoms with Gasteiger partial charge in [0.2, 0.25) is 5.95 Å². The standard InChI is InChI=1S/C15H24N4O3/c1-5-21-11(2)14(20)19-8-9-22-13(10-19)12-6-7-16-15(17-12)18(3)4/h6-7,11,13H,5,8-10H2,1-4H3/t11-,13-/m1/s1. The Kier molecular flexibility index (Phi) is 5.68. The molecule has 0 unspecified atom stereocenters. The molecule has 2 heterocycles. The first-order valence-corrected chi connectivity index (χ1v) is 7.55. The van der Waals surface area contributed by atoms with Gasteiger partial charge in [0.05, 0.1) is 18.8 Å². The molecule has 1 saturated heterocycles. The first-order chi connectivity index (χ1) is 10.5. The Morgan fingerprint density at radius 1 is 1.59 bits per heavy atom. The molecule has 7 nitrogen and oxygen atoms in total. The Balaban J connectivity index is 2.07. The van der Waals surface area contributed by atoms with Crippen molar-refractivity contribution in [3.05, 3.63) is 18.0 Å². The highest BCUT2D eigenvalue weighted by Crippen LogP contribution is 2.22. The van der Waals surface area contributed by atoms with Crippen molar-refractivity contribution in [1.82, 2.24) is 14.9 Å². The van der Waals surface area contributed by atoms with Crippen molar-refractivity contribution < 1.29 is 14.3 Å². The van der Waals surface area contributed by atoms with Gasteiger partial charge in [0.25, 0.3) is 5.91 Å². The molecule has 1 aromatic rings. The molecule has 0 spiro atoms. The second-order valence-corrected chi connectivity index (χ2v) is 5.42. The fraction of sp³-hybridized carbons (Fsp3) is 0.667. The average molecular weight is 308 g/mol. The van der Waals surface area contributed by atoms with Crippen molar-refractivity contribution >= 4 is 11.9 Å². The molecule has 2 rings (SSSR count). The van der Waals surface area contributed by atoms with Gasteiger partial charge in [-0.15, -0.1) is 0 Å². The lowest BCUT2D eigenvalue weighted by Crippen LogP contribution is -2.46. The number of anilines is 1. The van der Waals surface area contributed by atoms with Gasteiger partial charge in [0.15, 0.2) is 0 Å². The third-order valence-corrected chi connectivity index (χ3v) is 3.54. The van der Waals surface area contributed by atoms with Crippen molar-refractivity contribution in [2.75, 3.05) is 45.3 Å². The zero-order chi connectivity index (χ0) is 16.1. The van der Waals surface area contributed by atoms with Gasteiger partial charge in [-0.05, 0) is 19.9 Å². The molecule has 1 aliphatic rings. The molecule has 22 heavy (non-hydrogen) atoms. The largest absolute Gasteiger partial charge is 0.369 e. The number of hydrogen-bond acceptors (Lipinski definition) is 6. The highest BCUT2D eigenvalue weighted by Gasteiger charge is 2.29. The lowest BCUT2D eigenvalue weighted by Gasteiger charge is -2.34. The predicted octanol–water partition coefficient (Wildman–Crippen LogP) is 0.867. The normalized spacial score (nSPS) is 19.8. The topological polar surface area (TPSA) is 67.8 Å². The fourth-order valence-corrected chi connectivity index (χ4v) is 2.36. The summed E-state index contributed by atoms with van der Waals surface area (Å²) < 4.78 is 11.2. The molecule has 1 aromatic heterocycles. The Hall–Kier alpha value is -1.73. The zero-order valence-corrected chi connectivity index (χ0v) is 13.7. The third-order valence-electron chi connectivity index (χ3n) is 3.54. The Bertz CT molecular complexity index is 509. The minimum atomic E-state index is -0.425. The molecule has 0 radical (unpaired) electrons. The molecule has 1 fully saturated rings. The number of morpholine rings is 1. The van der Waals surface area contributed by atoms with Crippen molar-refractivity contribution in [3.63, 3.8) is 0 Å². The number of aromatic nitrogens is 2. The summed E-state index contributed by atoms with van der Waals surface area (Å²) in [7, 11) is 3.78. The van der Waals surface area contributed by atoms with Gasteiger partial charge in [0, 0.05) is 33.4 Å². The lowest BCUT2D eigenvalue weighted by atomic mass is 10.2. The number of carbonyl (C=O) groups is 1. The number of ether oxygens (including phenoxy) is 2. The van der Waals surface area contributed by atoms with Crippen LogP contribution < -0.4 is 4.90 Å². The minimum Gasteiger partial charge on any atom is -0.369 e. The van der Waals surface area contributed by atoms with Crippen LogP contribution in [0.5, 0.6) is 0 Å². The number of nitrogens with zero attached hydrogens (tertiary/aromatic N) is 4. The summed E-state index contributed by atoms with van der Waals surface area (Å²) in [6.45, 7) is 5.76. The van der Waals surface area contributed by atoms with Crippen LogP contribution in [0, 0.1) is 0 Å². The van der Waals surface area contributed by atoms with Gasteiger partial charge >= 0.3 is 0 Å². The minimum absolute atomic E-state index is 0.00274. The van der Waals surface area contributed by atoms with Crippen molar-refractivity contribution in [2.24, 2.45) is 0 Å². The van der Waals surface area contributed by atoms with Crippen LogP contribution in [0.4, 0.5) is 5.95 Å².